The standard InChI is InChI=1S/C36H41N5O10S/c1-37(35(43)50-22-26-3-9-29(10-4-26)40(45)46)17-15-25-16-18-38(20-25)34(42)33-19-32(52-24-28-7-13-31(49-2)14-8-28)21-39(33)36(44)51-23-27-5-11-30(12-6-27)41(47)48/h3-14,25,32-33H,15-24H2,1-2H3/t25-,32-,33-/m0/s1. The van der Waals surface area contributed by atoms with Crippen molar-refractivity contribution in [1.29, 1.82) is 0 Å². The van der Waals surface area contributed by atoms with Gasteiger partial charge in [-0.1, -0.05) is 12.1 Å². The monoisotopic (exact) mass is 735 g/mol. The third kappa shape index (κ3) is 10.1. The fourth-order valence-electron chi connectivity index (χ4n) is 6.15. The number of amides is 3. The molecule has 15 nitrogen and oxygen atoms in total. The van der Waals surface area contributed by atoms with E-state index >= 15 is 0 Å². The molecule has 0 bridgehead atoms. The maximum absolute atomic E-state index is 14.0. The van der Waals surface area contributed by atoms with Crippen LogP contribution in [0.15, 0.2) is 72.8 Å². The number of benzene rings is 3. The molecule has 0 N–H and O–H groups in total. The van der Waals surface area contributed by atoms with Gasteiger partial charge >= 0.3 is 12.2 Å². The highest BCUT2D eigenvalue weighted by Crippen LogP contribution is 2.33. The smallest absolute Gasteiger partial charge is 0.410 e. The predicted molar refractivity (Wildman–Crippen MR) is 192 cm³/mol. The van der Waals surface area contributed by atoms with Gasteiger partial charge < -0.3 is 24.0 Å². The number of carbonyl (C=O) groups excluding carboxylic acids is 3. The third-order valence-corrected chi connectivity index (χ3v) is 10.5. The third-order valence-electron chi connectivity index (χ3n) is 9.23. The van der Waals surface area contributed by atoms with Crippen molar-refractivity contribution in [1.82, 2.24) is 14.7 Å². The number of carbonyl (C=O) groups is 3. The van der Waals surface area contributed by atoms with Gasteiger partial charge in [0, 0.05) is 68.5 Å². The van der Waals surface area contributed by atoms with Crippen LogP contribution in [0.3, 0.4) is 0 Å². The summed E-state index contributed by atoms with van der Waals surface area (Å²) in [5, 5.41) is 21.9. The second-order valence-electron chi connectivity index (χ2n) is 12.8. The Morgan fingerprint density at radius 3 is 2.00 bits per heavy atom. The molecule has 0 unspecified atom stereocenters. The van der Waals surface area contributed by atoms with Crippen molar-refractivity contribution >= 4 is 41.2 Å². The molecule has 52 heavy (non-hydrogen) atoms. The van der Waals surface area contributed by atoms with Crippen LogP contribution < -0.4 is 4.74 Å². The summed E-state index contributed by atoms with van der Waals surface area (Å²) in [7, 11) is 3.25. The van der Waals surface area contributed by atoms with Gasteiger partial charge in [-0.05, 0) is 78.3 Å². The number of likely N-dealkylation sites (tertiary alicyclic amines) is 2. The highest BCUT2D eigenvalue weighted by molar-refractivity contribution is 7.99. The van der Waals surface area contributed by atoms with Gasteiger partial charge in [-0.3, -0.25) is 29.9 Å². The van der Waals surface area contributed by atoms with Crippen LogP contribution in [0.1, 0.15) is 36.0 Å². The lowest BCUT2D eigenvalue weighted by atomic mass is 10.1. The first-order valence-corrected chi connectivity index (χ1v) is 17.9. The highest BCUT2D eigenvalue weighted by atomic mass is 32.2. The molecule has 16 heteroatoms. The molecule has 0 aromatic heterocycles. The van der Waals surface area contributed by atoms with Crippen LogP contribution in [-0.2, 0) is 33.2 Å². The molecule has 0 spiro atoms. The maximum Gasteiger partial charge on any atom is 0.410 e. The zero-order chi connectivity index (χ0) is 37.2. The van der Waals surface area contributed by atoms with E-state index in [1.165, 1.54) is 46.2 Å². The Kier molecular flexibility index (Phi) is 12.9. The molecule has 3 amide bonds. The molecule has 276 valence electrons. The topological polar surface area (TPSA) is 175 Å². The Labute approximate surface area is 305 Å². The molecular formula is C36H41N5O10S. The van der Waals surface area contributed by atoms with Gasteiger partial charge in [-0.15, -0.1) is 0 Å². The number of hydrogen-bond acceptors (Lipinski definition) is 11. The van der Waals surface area contributed by atoms with Gasteiger partial charge in [-0.2, -0.15) is 11.8 Å². The van der Waals surface area contributed by atoms with Crippen LogP contribution in [0.25, 0.3) is 0 Å². The summed E-state index contributed by atoms with van der Waals surface area (Å²) < 4.78 is 16.2. The molecule has 0 saturated carbocycles. The van der Waals surface area contributed by atoms with Gasteiger partial charge in [0.1, 0.15) is 25.0 Å². The van der Waals surface area contributed by atoms with Crippen molar-refractivity contribution in [3.63, 3.8) is 0 Å². The number of hydrogen-bond donors (Lipinski definition) is 0. The molecule has 2 aliphatic heterocycles. The number of non-ortho nitro benzene ring substituents is 2. The van der Waals surface area contributed by atoms with Crippen molar-refractivity contribution in [2.45, 2.75) is 49.5 Å². The first-order valence-electron chi connectivity index (χ1n) is 16.8. The zero-order valence-corrected chi connectivity index (χ0v) is 29.8. The average Bonchev–Trinajstić information content (AvgIpc) is 3.82. The minimum absolute atomic E-state index is 0.00737. The molecule has 0 aliphatic carbocycles. The van der Waals surface area contributed by atoms with Crippen molar-refractivity contribution in [2.75, 3.05) is 40.3 Å². The summed E-state index contributed by atoms with van der Waals surface area (Å²) in [6.45, 7) is 1.68. The molecule has 3 aromatic carbocycles. The molecule has 3 atom stereocenters. The Bertz CT molecular complexity index is 1720. The summed E-state index contributed by atoms with van der Waals surface area (Å²) in [4.78, 5) is 65.6. The number of ether oxygens (including phenoxy) is 3. The average molecular weight is 736 g/mol. The first-order chi connectivity index (χ1) is 25.0. The molecule has 5 rings (SSSR count). The zero-order valence-electron chi connectivity index (χ0n) is 29.0. The summed E-state index contributed by atoms with van der Waals surface area (Å²) in [6, 6.07) is 18.6. The molecule has 2 saturated heterocycles. The minimum Gasteiger partial charge on any atom is -0.497 e. The van der Waals surface area contributed by atoms with Crippen LogP contribution in [0.2, 0.25) is 0 Å². The van der Waals surface area contributed by atoms with E-state index in [-0.39, 0.29) is 41.7 Å². The maximum atomic E-state index is 14.0. The molecule has 0 radical (unpaired) electrons. The molecule has 2 fully saturated rings. The second-order valence-corrected chi connectivity index (χ2v) is 14.1. The Morgan fingerprint density at radius 1 is 0.846 bits per heavy atom. The van der Waals surface area contributed by atoms with E-state index in [2.05, 4.69) is 0 Å². The fraction of sp³-hybridized carbons (Fsp3) is 0.417. The highest BCUT2D eigenvalue weighted by Gasteiger charge is 2.43. The number of thioether (sulfide) groups is 1. The van der Waals surface area contributed by atoms with Gasteiger partial charge in [0.05, 0.1) is 17.0 Å². The van der Waals surface area contributed by atoms with Gasteiger partial charge in [0.2, 0.25) is 5.91 Å². The van der Waals surface area contributed by atoms with Gasteiger partial charge in [-0.25, -0.2) is 9.59 Å². The Hall–Kier alpha value is -5.38. The Morgan fingerprint density at radius 2 is 1.42 bits per heavy atom. The molecule has 2 aliphatic rings. The summed E-state index contributed by atoms with van der Waals surface area (Å²) in [5.41, 5.74) is 2.21. The largest absolute Gasteiger partial charge is 0.497 e. The number of nitro groups is 2. The number of nitro benzene ring substituents is 2. The van der Waals surface area contributed by atoms with Crippen molar-refractivity contribution in [2.24, 2.45) is 5.92 Å². The van der Waals surface area contributed by atoms with Crippen LogP contribution >= 0.6 is 11.8 Å². The quantitative estimate of drug-likeness (QED) is 0.140. The first kappa shape index (κ1) is 37.9. The lowest BCUT2D eigenvalue weighted by Crippen LogP contribution is -2.47. The van der Waals surface area contributed by atoms with E-state index in [1.54, 1.807) is 43.0 Å². The predicted octanol–water partition coefficient (Wildman–Crippen LogP) is 6.03. The summed E-state index contributed by atoms with van der Waals surface area (Å²) in [5.74, 6) is 1.46. The normalized spacial score (nSPS) is 18.2. The lowest BCUT2D eigenvalue weighted by molar-refractivity contribution is -0.385. The van der Waals surface area contributed by atoms with E-state index < -0.39 is 28.1 Å². The van der Waals surface area contributed by atoms with Gasteiger partial charge in [0.25, 0.3) is 11.4 Å². The fourth-order valence-corrected chi connectivity index (χ4v) is 7.35. The van der Waals surface area contributed by atoms with E-state index in [1.807, 2.05) is 24.3 Å². The number of methoxy groups -OCH3 is 1. The number of nitrogens with zero attached hydrogens (tertiary/aromatic N) is 5. The lowest BCUT2D eigenvalue weighted by Gasteiger charge is -2.27. The minimum atomic E-state index is -0.700. The second kappa shape index (κ2) is 17.7. The molecule has 3 aromatic rings. The van der Waals surface area contributed by atoms with E-state index in [4.69, 9.17) is 14.2 Å². The van der Waals surface area contributed by atoms with Crippen LogP contribution in [-0.4, -0.2) is 94.3 Å². The van der Waals surface area contributed by atoms with E-state index in [9.17, 15) is 34.6 Å². The van der Waals surface area contributed by atoms with E-state index in [0.29, 0.717) is 55.9 Å². The van der Waals surface area contributed by atoms with Crippen LogP contribution in [0.5, 0.6) is 5.75 Å². The number of rotatable bonds is 14. The summed E-state index contributed by atoms with van der Waals surface area (Å²) >= 11 is 1.67. The summed E-state index contributed by atoms with van der Waals surface area (Å²) in [6.07, 6.45) is 0.741. The van der Waals surface area contributed by atoms with Crippen molar-refractivity contribution in [3.8, 4) is 5.75 Å². The van der Waals surface area contributed by atoms with Crippen LogP contribution in [0, 0.1) is 26.1 Å². The van der Waals surface area contributed by atoms with Crippen molar-refractivity contribution < 1.29 is 38.4 Å². The molecule has 2 heterocycles. The molecular weight excluding hydrogens is 694 g/mol. The SMILES string of the molecule is COc1ccc(CS[C@H]2C[C@@H](C(=O)N3CC[C@H](CCN(C)C(=O)OCc4ccc([N+](=O)[O-])cc4)C3)N(C(=O)OCc3ccc([N+](=O)[O-])cc3)C2)cc1. The van der Waals surface area contributed by atoms with E-state index in [0.717, 1.165) is 17.7 Å². The Balaban J connectivity index is 1.14. The van der Waals surface area contributed by atoms with Crippen LogP contribution in [0.4, 0.5) is 21.0 Å². The van der Waals surface area contributed by atoms with Gasteiger partial charge in [0.15, 0.2) is 0 Å². The van der Waals surface area contributed by atoms with Crippen molar-refractivity contribution in [3.05, 3.63) is 110 Å².